The van der Waals surface area contributed by atoms with E-state index in [0.29, 0.717) is 5.76 Å². The summed E-state index contributed by atoms with van der Waals surface area (Å²) in [5, 5.41) is 8.75. The van der Waals surface area contributed by atoms with Crippen LogP contribution in [0, 0.1) is 0 Å². The van der Waals surface area contributed by atoms with Crippen molar-refractivity contribution in [2.24, 2.45) is 0 Å². The number of nitrogens with zero attached hydrogens (tertiary/aromatic N) is 1. The summed E-state index contributed by atoms with van der Waals surface area (Å²) < 4.78 is 5.05. The van der Waals surface area contributed by atoms with Crippen LogP contribution < -0.4 is 0 Å². The van der Waals surface area contributed by atoms with E-state index < -0.39 is 5.97 Å². The monoisotopic (exact) mass is 183 g/mol. The lowest BCUT2D eigenvalue weighted by Gasteiger charge is -2.05. The van der Waals surface area contributed by atoms with E-state index >= 15 is 0 Å². The van der Waals surface area contributed by atoms with E-state index in [4.69, 9.17) is 9.52 Å². The fraction of sp³-hybridized carbons (Fsp3) is 0.556. The van der Waals surface area contributed by atoms with E-state index in [1.165, 1.54) is 6.39 Å². The maximum absolute atomic E-state index is 10.7. The lowest BCUT2D eigenvalue weighted by atomic mass is 10.0. The third-order valence-corrected chi connectivity index (χ3v) is 1.97. The zero-order chi connectivity index (χ0) is 9.84. The third-order valence-electron chi connectivity index (χ3n) is 1.97. The van der Waals surface area contributed by atoms with Gasteiger partial charge in [0.05, 0.1) is 0 Å². The number of carboxylic acids is 1. The van der Waals surface area contributed by atoms with E-state index in [1.807, 2.05) is 13.8 Å². The molecule has 0 amide bonds. The maximum atomic E-state index is 10.7. The number of rotatable bonds is 4. The van der Waals surface area contributed by atoms with Crippen LogP contribution in [-0.4, -0.2) is 16.1 Å². The van der Waals surface area contributed by atoms with Crippen molar-refractivity contribution >= 4 is 5.97 Å². The summed E-state index contributed by atoms with van der Waals surface area (Å²) in [7, 11) is 0. The second kappa shape index (κ2) is 4.07. The van der Waals surface area contributed by atoms with E-state index in [-0.39, 0.29) is 11.6 Å². The van der Waals surface area contributed by atoms with Crippen LogP contribution in [0.1, 0.15) is 48.9 Å². The summed E-state index contributed by atoms with van der Waals surface area (Å²) in [6.45, 7) is 3.99. The maximum Gasteiger partial charge on any atom is 0.358 e. The Morgan fingerprint density at radius 1 is 1.77 bits per heavy atom. The lowest BCUT2D eigenvalue weighted by Crippen LogP contribution is -2.03. The Morgan fingerprint density at radius 2 is 2.46 bits per heavy atom. The molecule has 72 valence electrons. The van der Waals surface area contributed by atoms with Gasteiger partial charge in [-0.05, 0) is 6.42 Å². The van der Waals surface area contributed by atoms with E-state index in [0.717, 1.165) is 12.8 Å². The van der Waals surface area contributed by atoms with Crippen molar-refractivity contribution in [2.45, 2.75) is 32.6 Å². The molecule has 1 N–H and O–H groups in total. The Hall–Kier alpha value is -1.32. The minimum absolute atomic E-state index is 0.0425. The Balaban J connectivity index is 2.86. The smallest absolute Gasteiger partial charge is 0.358 e. The van der Waals surface area contributed by atoms with Gasteiger partial charge in [-0.25, -0.2) is 9.78 Å². The summed E-state index contributed by atoms with van der Waals surface area (Å²) in [6, 6.07) is 0. The van der Waals surface area contributed by atoms with Gasteiger partial charge in [0.25, 0.3) is 0 Å². The van der Waals surface area contributed by atoms with Crippen LogP contribution in [0.15, 0.2) is 10.8 Å². The number of hydrogen-bond donors (Lipinski definition) is 1. The molecule has 1 rings (SSSR count). The molecule has 13 heavy (non-hydrogen) atoms. The molecule has 0 fully saturated rings. The predicted molar refractivity (Wildman–Crippen MR) is 46.8 cm³/mol. The summed E-state index contributed by atoms with van der Waals surface area (Å²) in [5.74, 6) is -0.417. The summed E-state index contributed by atoms with van der Waals surface area (Å²) >= 11 is 0. The van der Waals surface area contributed by atoms with Crippen LogP contribution >= 0.6 is 0 Å². The quantitative estimate of drug-likeness (QED) is 0.777. The van der Waals surface area contributed by atoms with E-state index in [2.05, 4.69) is 4.98 Å². The molecule has 1 heterocycles. The molecule has 0 saturated heterocycles. The second-order valence-electron chi connectivity index (χ2n) is 3.06. The van der Waals surface area contributed by atoms with Gasteiger partial charge < -0.3 is 9.52 Å². The Bertz CT molecular complexity index is 293. The molecule has 0 saturated carbocycles. The van der Waals surface area contributed by atoms with Crippen LogP contribution in [0.2, 0.25) is 0 Å². The number of aromatic nitrogens is 1. The molecule has 0 spiro atoms. The van der Waals surface area contributed by atoms with Gasteiger partial charge in [-0.3, -0.25) is 0 Å². The zero-order valence-corrected chi connectivity index (χ0v) is 7.78. The van der Waals surface area contributed by atoms with Gasteiger partial charge in [0.2, 0.25) is 0 Å². The van der Waals surface area contributed by atoms with Crippen molar-refractivity contribution in [2.75, 3.05) is 0 Å². The van der Waals surface area contributed by atoms with Crippen LogP contribution in [0.5, 0.6) is 0 Å². The van der Waals surface area contributed by atoms with Gasteiger partial charge in [-0.2, -0.15) is 0 Å². The van der Waals surface area contributed by atoms with Crippen molar-refractivity contribution in [3.63, 3.8) is 0 Å². The summed E-state index contributed by atoms with van der Waals surface area (Å²) in [6.07, 6.45) is 3.10. The minimum atomic E-state index is -1.02. The van der Waals surface area contributed by atoms with Crippen molar-refractivity contribution in [1.82, 2.24) is 4.98 Å². The first-order valence-electron chi connectivity index (χ1n) is 4.33. The highest BCUT2D eigenvalue weighted by atomic mass is 16.4. The Morgan fingerprint density at radius 3 is 3.00 bits per heavy atom. The molecule has 0 aliphatic rings. The minimum Gasteiger partial charge on any atom is -0.476 e. The van der Waals surface area contributed by atoms with E-state index in [9.17, 15) is 4.79 Å². The van der Waals surface area contributed by atoms with Crippen molar-refractivity contribution in [3.05, 3.63) is 17.8 Å². The van der Waals surface area contributed by atoms with Gasteiger partial charge in [0, 0.05) is 5.92 Å². The van der Waals surface area contributed by atoms with Crippen molar-refractivity contribution in [1.29, 1.82) is 0 Å². The molecule has 1 aromatic rings. The first kappa shape index (κ1) is 9.77. The average molecular weight is 183 g/mol. The van der Waals surface area contributed by atoms with Crippen molar-refractivity contribution < 1.29 is 14.3 Å². The molecule has 0 radical (unpaired) electrons. The number of aromatic carboxylic acids is 1. The largest absolute Gasteiger partial charge is 0.476 e. The SMILES string of the molecule is CCCC(C)c1ocnc1C(=O)O. The molecular formula is C9H13NO3. The van der Waals surface area contributed by atoms with Crippen LogP contribution in [0.25, 0.3) is 0 Å². The first-order chi connectivity index (χ1) is 6.16. The second-order valence-corrected chi connectivity index (χ2v) is 3.06. The fourth-order valence-electron chi connectivity index (χ4n) is 1.33. The Labute approximate surface area is 76.6 Å². The number of oxazole rings is 1. The number of carbonyl (C=O) groups is 1. The highest BCUT2D eigenvalue weighted by Gasteiger charge is 2.19. The summed E-state index contributed by atoms with van der Waals surface area (Å²) in [4.78, 5) is 14.3. The lowest BCUT2D eigenvalue weighted by molar-refractivity contribution is 0.0688. The molecule has 0 aliphatic carbocycles. The van der Waals surface area contributed by atoms with Gasteiger partial charge in [-0.15, -0.1) is 0 Å². The molecule has 1 unspecified atom stereocenters. The molecule has 4 nitrogen and oxygen atoms in total. The molecule has 0 aromatic carbocycles. The molecule has 1 aromatic heterocycles. The standard InChI is InChI=1S/C9H13NO3/c1-3-4-6(2)8-7(9(11)12)10-5-13-8/h5-6H,3-4H2,1-2H3,(H,11,12). The molecule has 1 atom stereocenters. The van der Waals surface area contributed by atoms with Gasteiger partial charge in [0.15, 0.2) is 12.1 Å². The van der Waals surface area contributed by atoms with Crippen LogP contribution in [0.3, 0.4) is 0 Å². The number of hydrogen-bond acceptors (Lipinski definition) is 3. The Kier molecular flexibility index (Phi) is 3.06. The molecule has 0 bridgehead atoms. The third kappa shape index (κ3) is 2.08. The first-order valence-corrected chi connectivity index (χ1v) is 4.33. The normalized spacial score (nSPS) is 12.8. The van der Waals surface area contributed by atoms with Crippen LogP contribution in [-0.2, 0) is 0 Å². The highest BCUT2D eigenvalue weighted by Crippen LogP contribution is 2.23. The predicted octanol–water partition coefficient (Wildman–Crippen LogP) is 2.28. The summed E-state index contributed by atoms with van der Waals surface area (Å²) in [5.41, 5.74) is 0.0425. The molecule has 4 heteroatoms. The topological polar surface area (TPSA) is 63.3 Å². The van der Waals surface area contributed by atoms with Gasteiger partial charge >= 0.3 is 5.97 Å². The van der Waals surface area contributed by atoms with Crippen molar-refractivity contribution in [3.8, 4) is 0 Å². The zero-order valence-electron chi connectivity index (χ0n) is 7.78. The van der Waals surface area contributed by atoms with Gasteiger partial charge in [-0.1, -0.05) is 20.3 Å². The molecule has 0 aliphatic heterocycles. The van der Waals surface area contributed by atoms with E-state index in [1.54, 1.807) is 0 Å². The average Bonchev–Trinajstić information content (AvgIpc) is 2.52. The van der Waals surface area contributed by atoms with Crippen LogP contribution in [0.4, 0.5) is 0 Å². The fourth-order valence-corrected chi connectivity index (χ4v) is 1.33. The van der Waals surface area contributed by atoms with Gasteiger partial charge in [0.1, 0.15) is 5.76 Å². The number of carboxylic acid groups (broad SMARTS) is 1. The molecular weight excluding hydrogens is 170 g/mol. The highest BCUT2D eigenvalue weighted by molar-refractivity contribution is 5.86.